The number of quaternary nitrogens is 1. The Balaban J connectivity index is 1.59. The van der Waals surface area contributed by atoms with Crippen LogP contribution in [0.15, 0.2) is 24.3 Å². The number of benzene rings is 1. The van der Waals surface area contributed by atoms with Crippen molar-refractivity contribution in [2.75, 3.05) is 19.7 Å². The van der Waals surface area contributed by atoms with Crippen LogP contribution in [0.3, 0.4) is 0 Å². The number of carbonyl (C=O) groups excluding carboxylic acids is 1. The fourth-order valence-corrected chi connectivity index (χ4v) is 4.04. The lowest BCUT2D eigenvalue weighted by atomic mass is 9.84. The average Bonchev–Trinajstić information content (AvgIpc) is 2.53. The van der Waals surface area contributed by atoms with Crippen LogP contribution < -0.4 is 4.90 Å². The second-order valence-corrected chi connectivity index (χ2v) is 6.58. The van der Waals surface area contributed by atoms with Crippen molar-refractivity contribution in [3.05, 3.63) is 35.4 Å². The van der Waals surface area contributed by atoms with Crippen molar-refractivity contribution in [3.8, 4) is 0 Å². The summed E-state index contributed by atoms with van der Waals surface area (Å²) < 4.78 is 5.65. The van der Waals surface area contributed by atoms with Crippen LogP contribution >= 0.6 is 0 Å². The fourth-order valence-electron chi connectivity index (χ4n) is 4.04. The number of hydrogen-bond donors (Lipinski definition) is 1. The predicted molar refractivity (Wildman–Crippen MR) is 82.5 cm³/mol. The summed E-state index contributed by atoms with van der Waals surface area (Å²) in [5.41, 5.74) is 1.71. The number of piperidine rings is 2. The van der Waals surface area contributed by atoms with E-state index >= 15 is 0 Å². The van der Waals surface area contributed by atoms with Gasteiger partial charge in [-0.25, -0.2) is 4.79 Å². The van der Waals surface area contributed by atoms with Crippen LogP contribution in [0, 0.1) is 12.8 Å². The van der Waals surface area contributed by atoms with E-state index < -0.39 is 0 Å². The summed E-state index contributed by atoms with van der Waals surface area (Å²) in [4.78, 5) is 14.0. The Morgan fingerprint density at radius 3 is 2.86 bits per heavy atom. The Kier molecular flexibility index (Phi) is 4.59. The van der Waals surface area contributed by atoms with Crippen molar-refractivity contribution in [3.63, 3.8) is 0 Å². The second-order valence-electron chi connectivity index (χ2n) is 6.58. The molecule has 1 aromatic carbocycles. The van der Waals surface area contributed by atoms with Gasteiger partial charge in [-0.05, 0) is 50.7 Å². The summed E-state index contributed by atoms with van der Waals surface area (Å²) in [6.07, 6.45) is 6.51. The SMILES string of the molecule is Cc1ccccc1C(=O)OC[C@@H]1CCC[NH+]2CCCC[C@@H]12. The minimum Gasteiger partial charge on any atom is -0.462 e. The largest absolute Gasteiger partial charge is 0.462 e. The van der Waals surface area contributed by atoms with E-state index in [4.69, 9.17) is 4.74 Å². The van der Waals surface area contributed by atoms with E-state index in [9.17, 15) is 4.79 Å². The Morgan fingerprint density at radius 2 is 2.00 bits per heavy atom. The van der Waals surface area contributed by atoms with E-state index in [1.165, 1.54) is 45.2 Å². The first-order valence-corrected chi connectivity index (χ1v) is 8.33. The highest BCUT2D eigenvalue weighted by molar-refractivity contribution is 5.90. The quantitative estimate of drug-likeness (QED) is 0.863. The summed E-state index contributed by atoms with van der Waals surface area (Å²) in [7, 11) is 0. The van der Waals surface area contributed by atoms with E-state index in [0.29, 0.717) is 18.1 Å². The van der Waals surface area contributed by atoms with E-state index in [1.54, 1.807) is 4.90 Å². The minimum absolute atomic E-state index is 0.156. The van der Waals surface area contributed by atoms with Crippen LogP contribution in [0.1, 0.15) is 48.0 Å². The Morgan fingerprint density at radius 1 is 1.19 bits per heavy atom. The molecular weight excluding hydrogens is 262 g/mol. The molecule has 1 N–H and O–H groups in total. The second kappa shape index (κ2) is 6.61. The van der Waals surface area contributed by atoms with E-state index in [0.717, 1.165) is 11.6 Å². The van der Waals surface area contributed by atoms with Crippen LogP contribution in [0.4, 0.5) is 0 Å². The maximum Gasteiger partial charge on any atom is 0.338 e. The number of esters is 1. The van der Waals surface area contributed by atoms with Crippen molar-refractivity contribution in [2.24, 2.45) is 5.92 Å². The van der Waals surface area contributed by atoms with Crippen molar-refractivity contribution in [1.82, 2.24) is 0 Å². The van der Waals surface area contributed by atoms with E-state index in [2.05, 4.69) is 0 Å². The number of rotatable bonds is 3. The number of fused-ring (bicyclic) bond motifs is 1. The summed E-state index contributed by atoms with van der Waals surface area (Å²) >= 11 is 0. The predicted octanol–water partition coefficient (Wildman–Crippen LogP) is 2.00. The highest BCUT2D eigenvalue weighted by Crippen LogP contribution is 2.21. The van der Waals surface area contributed by atoms with E-state index in [-0.39, 0.29) is 5.97 Å². The molecule has 2 aliphatic rings. The number of nitrogens with one attached hydrogen (secondary N) is 1. The Labute approximate surface area is 127 Å². The van der Waals surface area contributed by atoms with Gasteiger partial charge in [0.15, 0.2) is 0 Å². The first-order chi connectivity index (χ1) is 10.3. The van der Waals surface area contributed by atoms with Crippen molar-refractivity contribution in [2.45, 2.75) is 45.1 Å². The summed E-state index contributed by atoms with van der Waals surface area (Å²) in [5.74, 6) is 0.401. The third-order valence-electron chi connectivity index (χ3n) is 5.22. The third kappa shape index (κ3) is 3.29. The van der Waals surface area contributed by atoms with Crippen molar-refractivity contribution >= 4 is 5.97 Å². The smallest absolute Gasteiger partial charge is 0.338 e. The van der Waals surface area contributed by atoms with Gasteiger partial charge in [0.1, 0.15) is 6.61 Å². The van der Waals surface area contributed by atoms with Crippen LogP contribution in [-0.2, 0) is 4.74 Å². The zero-order chi connectivity index (χ0) is 14.7. The molecule has 2 aliphatic heterocycles. The van der Waals surface area contributed by atoms with Gasteiger partial charge in [0.05, 0.1) is 24.7 Å². The number of carbonyl (C=O) groups is 1. The average molecular weight is 288 g/mol. The highest BCUT2D eigenvalue weighted by Gasteiger charge is 2.37. The van der Waals surface area contributed by atoms with Gasteiger partial charge >= 0.3 is 5.97 Å². The van der Waals surface area contributed by atoms with Gasteiger partial charge in [-0.15, -0.1) is 0 Å². The third-order valence-corrected chi connectivity index (χ3v) is 5.22. The molecule has 1 aromatic rings. The molecule has 21 heavy (non-hydrogen) atoms. The Hall–Kier alpha value is -1.35. The monoisotopic (exact) mass is 288 g/mol. The zero-order valence-corrected chi connectivity index (χ0v) is 12.9. The first kappa shape index (κ1) is 14.6. The molecule has 0 amide bonds. The van der Waals surface area contributed by atoms with Crippen LogP contribution in [0.5, 0.6) is 0 Å². The Bertz CT molecular complexity index is 498. The summed E-state index contributed by atoms with van der Waals surface area (Å²) in [6.45, 7) is 5.19. The minimum atomic E-state index is -0.156. The highest BCUT2D eigenvalue weighted by atomic mass is 16.5. The molecule has 0 aromatic heterocycles. The number of ether oxygens (including phenoxy) is 1. The molecule has 2 fully saturated rings. The van der Waals surface area contributed by atoms with Gasteiger partial charge in [-0.1, -0.05) is 18.2 Å². The first-order valence-electron chi connectivity index (χ1n) is 8.33. The molecule has 0 saturated carbocycles. The number of hydrogen-bond acceptors (Lipinski definition) is 2. The summed E-state index contributed by atoms with van der Waals surface area (Å²) in [5, 5.41) is 0. The summed E-state index contributed by atoms with van der Waals surface area (Å²) in [6, 6.07) is 8.39. The maximum absolute atomic E-state index is 12.2. The molecule has 1 unspecified atom stereocenters. The lowest BCUT2D eigenvalue weighted by Crippen LogP contribution is -3.18. The lowest BCUT2D eigenvalue weighted by molar-refractivity contribution is -0.940. The van der Waals surface area contributed by atoms with Gasteiger partial charge in [0.25, 0.3) is 0 Å². The molecule has 3 nitrogen and oxygen atoms in total. The van der Waals surface area contributed by atoms with Gasteiger partial charge in [0.2, 0.25) is 0 Å². The topological polar surface area (TPSA) is 30.7 Å². The van der Waals surface area contributed by atoms with Crippen LogP contribution in [0.25, 0.3) is 0 Å². The maximum atomic E-state index is 12.2. The molecule has 2 heterocycles. The molecular formula is C18H26NO2+. The van der Waals surface area contributed by atoms with Gasteiger partial charge in [-0.2, -0.15) is 0 Å². The van der Waals surface area contributed by atoms with Crippen molar-refractivity contribution < 1.29 is 14.4 Å². The molecule has 114 valence electrons. The lowest BCUT2D eigenvalue weighted by Gasteiger charge is -2.41. The molecule has 0 aliphatic carbocycles. The van der Waals surface area contributed by atoms with Gasteiger partial charge in [-0.3, -0.25) is 0 Å². The molecule has 3 heteroatoms. The van der Waals surface area contributed by atoms with E-state index in [1.807, 2.05) is 31.2 Å². The number of aryl methyl sites for hydroxylation is 1. The molecule has 3 atom stereocenters. The molecule has 0 bridgehead atoms. The zero-order valence-electron chi connectivity index (χ0n) is 12.9. The van der Waals surface area contributed by atoms with Gasteiger partial charge in [0, 0.05) is 5.92 Å². The standard InChI is InChI=1S/C18H25NO2/c1-14-7-2-3-9-16(14)18(20)21-13-15-8-6-12-19-11-5-4-10-17(15)19/h2-3,7,9,15,17H,4-6,8,10-13H2,1H3/p+1/t15-,17-/m0/s1. The van der Waals surface area contributed by atoms with Gasteiger partial charge < -0.3 is 9.64 Å². The van der Waals surface area contributed by atoms with Crippen LogP contribution in [0.2, 0.25) is 0 Å². The molecule has 0 radical (unpaired) electrons. The molecule has 3 rings (SSSR count). The normalized spacial score (nSPS) is 28.7. The molecule has 2 saturated heterocycles. The van der Waals surface area contributed by atoms with Crippen LogP contribution in [-0.4, -0.2) is 31.7 Å². The van der Waals surface area contributed by atoms with Crippen molar-refractivity contribution in [1.29, 1.82) is 0 Å². The fraction of sp³-hybridized carbons (Fsp3) is 0.611. The molecule has 0 spiro atoms.